The van der Waals surface area contributed by atoms with Crippen LogP contribution < -0.4 is 10.9 Å². The van der Waals surface area contributed by atoms with Crippen molar-refractivity contribution in [2.75, 3.05) is 11.9 Å². The largest absolute Gasteiger partial charge is 0.322 e. The molecule has 170 valence electrons. The maximum Gasteiger partial charge on any atom is 0.322 e. The zero-order valence-electron chi connectivity index (χ0n) is 17.9. The molecule has 0 aliphatic rings. The van der Waals surface area contributed by atoms with Crippen molar-refractivity contribution in [1.29, 1.82) is 0 Å². The molecule has 0 bridgehead atoms. The highest BCUT2D eigenvalue weighted by Crippen LogP contribution is 2.28. The van der Waals surface area contributed by atoms with E-state index in [1.807, 2.05) is 13.8 Å². The zero-order chi connectivity index (χ0) is 23.7. The van der Waals surface area contributed by atoms with Crippen LogP contribution in [0.2, 0.25) is 5.02 Å². The van der Waals surface area contributed by atoms with Crippen LogP contribution in [-0.4, -0.2) is 27.3 Å². The standard InChI is InChI=1S/C22H22ClF3N4O2/c1-11(2)10-30(22(32)27-13-5-6-17(24)16(23)7-13)12(3)20-14-8-18(25)19(26)9-15(14)21(31)29(4)28-20/h5-9,11-12H,10H2,1-4H3,(H,27,32)/t12-/m0/s1. The summed E-state index contributed by atoms with van der Waals surface area (Å²) in [6.45, 7) is 5.77. The Balaban J connectivity index is 2.06. The Morgan fingerprint density at radius 3 is 2.31 bits per heavy atom. The van der Waals surface area contributed by atoms with Crippen molar-refractivity contribution in [3.05, 3.63) is 68.9 Å². The maximum absolute atomic E-state index is 14.0. The highest BCUT2D eigenvalue weighted by molar-refractivity contribution is 6.31. The normalized spacial score (nSPS) is 12.3. The number of aromatic nitrogens is 2. The summed E-state index contributed by atoms with van der Waals surface area (Å²) >= 11 is 5.80. The lowest BCUT2D eigenvalue weighted by atomic mass is 10.0. The fraction of sp³-hybridized carbons (Fsp3) is 0.318. The summed E-state index contributed by atoms with van der Waals surface area (Å²) in [6, 6.07) is 4.29. The summed E-state index contributed by atoms with van der Waals surface area (Å²) < 4.78 is 42.3. The number of amides is 2. The average Bonchev–Trinajstić information content (AvgIpc) is 2.72. The molecule has 1 atom stereocenters. The second-order valence-corrected chi connectivity index (χ2v) is 8.31. The number of hydrogen-bond donors (Lipinski definition) is 1. The topological polar surface area (TPSA) is 67.2 Å². The van der Waals surface area contributed by atoms with Crippen LogP contribution in [0.1, 0.15) is 32.5 Å². The van der Waals surface area contributed by atoms with Gasteiger partial charge in [0.05, 0.1) is 22.1 Å². The molecular weight excluding hydrogens is 445 g/mol. The lowest BCUT2D eigenvalue weighted by molar-refractivity contribution is 0.182. The van der Waals surface area contributed by atoms with Gasteiger partial charge in [0, 0.05) is 24.7 Å². The Labute approximate surface area is 187 Å². The SMILES string of the molecule is CC(C)CN(C(=O)Nc1ccc(F)c(Cl)c1)[C@@H](C)c1nn(C)c(=O)c2cc(F)c(F)cc12. The summed E-state index contributed by atoms with van der Waals surface area (Å²) in [5.74, 6) is -2.84. The number of hydrogen-bond acceptors (Lipinski definition) is 3. The Kier molecular flexibility index (Phi) is 6.78. The molecule has 6 nitrogen and oxygen atoms in total. The van der Waals surface area contributed by atoms with Crippen molar-refractivity contribution in [2.24, 2.45) is 13.0 Å². The van der Waals surface area contributed by atoms with Gasteiger partial charge in [0.2, 0.25) is 0 Å². The second kappa shape index (κ2) is 9.20. The van der Waals surface area contributed by atoms with Crippen molar-refractivity contribution in [1.82, 2.24) is 14.7 Å². The third kappa shape index (κ3) is 4.72. The molecule has 0 saturated carbocycles. The maximum atomic E-state index is 14.0. The van der Waals surface area contributed by atoms with E-state index in [1.54, 1.807) is 6.92 Å². The zero-order valence-corrected chi connectivity index (χ0v) is 18.7. The highest BCUT2D eigenvalue weighted by Gasteiger charge is 2.27. The highest BCUT2D eigenvalue weighted by atomic mass is 35.5. The number of anilines is 1. The molecule has 1 heterocycles. The van der Waals surface area contributed by atoms with Gasteiger partial charge < -0.3 is 10.2 Å². The van der Waals surface area contributed by atoms with Crippen molar-refractivity contribution < 1.29 is 18.0 Å². The first-order valence-electron chi connectivity index (χ1n) is 9.88. The third-order valence-corrected chi connectivity index (χ3v) is 5.26. The van der Waals surface area contributed by atoms with E-state index in [4.69, 9.17) is 11.6 Å². The molecule has 3 aromatic rings. The first kappa shape index (κ1) is 23.6. The lowest BCUT2D eigenvalue weighted by Gasteiger charge is -2.31. The minimum atomic E-state index is -1.15. The monoisotopic (exact) mass is 466 g/mol. The van der Waals surface area contributed by atoms with E-state index in [0.29, 0.717) is 0 Å². The van der Waals surface area contributed by atoms with Gasteiger partial charge in [-0.25, -0.2) is 22.6 Å². The molecule has 0 spiro atoms. The van der Waals surface area contributed by atoms with Gasteiger partial charge in [0.1, 0.15) is 5.82 Å². The molecular formula is C22H22ClF3N4O2. The molecule has 32 heavy (non-hydrogen) atoms. The number of rotatable bonds is 5. The Morgan fingerprint density at radius 2 is 1.72 bits per heavy atom. The quantitative estimate of drug-likeness (QED) is 0.558. The van der Waals surface area contributed by atoms with Crippen molar-refractivity contribution >= 4 is 34.1 Å². The molecule has 0 aliphatic carbocycles. The Bertz CT molecular complexity index is 1250. The van der Waals surface area contributed by atoms with E-state index in [1.165, 1.54) is 24.1 Å². The number of halogens is 4. The summed E-state index contributed by atoms with van der Waals surface area (Å²) in [5.41, 5.74) is -0.0710. The van der Waals surface area contributed by atoms with Crippen LogP contribution in [0.4, 0.5) is 23.7 Å². The first-order valence-corrected chi connectivity index (χ1v) is 10.3. The van der Waals surface area contributed by atoms with Crippen molar-refractivity contribution in [3.63, 3.8) is 0 Å². The van der Waals surface area contributed by atoms with E-state index < -0.39 is 35.1 Å². The van der Waals surface area contributed by atoms with Crippen LogP contribution in [0.25, 0.3) is 10.8 Å². The van der Waals surface area contributed by atoms with E-state index in [2.05, 4.69) is 10.4 Å². The molecule has 3 rings (SSSR count). The van der Waals surface area contributed by atoms with Gasteiger partial charge in [-0.2, -0.15) is 5.10 Å². The molecule has 2 aromatic carbocycles. The predicted octanol–water partition coefficient (Wildman–Crippen LogP) is 5.26. The molecule has 1 N–H and O–H groups in total. The van der Waals surface area contributed by atoms with Crippen molar-refractivity contribution in [2.45, 2.75) is 26.8 Å². The van der Waals surface area contributed by atoms with Gasteiger partial charge in [-0.15, -0.1) is 0 Å². The Morgan fingerprint density at radius 1 is 1.09 bits per heavy atom. The fourth-order valence-electron chi connectivity index (χ4n) is 3.41. The molecule has 0 saturated heterocycles. The number of nitrogens with one attached hydrogen (secondary N) is 1. The van der Waals surface area contributed by atoms with Gasteiger partial charge in [-0.3, -0.25) is 4.79 Å². The number of nitrogens with zero attached hydrogens (tertiary/aromatic N) is 3. The number of carbonyl (C=O) groups excluding carboxylic acids is 1. The fourth-order valence-corrected chi connectivity index (χ4v) is 3.59. The van der Waals surface area contributed by atoms with Crippen LogP contribution in [-0.2, 0) is 7.05 Å². The van der Waals surface area contributed by atoms with Gasteiger partial charge >= 0.3 is 6.03 Å². The smallest absolute Gasteiger partial charge is 0.316 e. The second-order valence-electron chi connectivity index (χ2n) is 7.91. The average molecular weight is 467 g/mol. The Hall–Kier alpha value is -3.07. The number of carbonyl (C=O) groups is 1. The number of aryl methyl sites for hydroxylation is 1. The molecule has 0 fully saturated rings. The van der Waals surface area contributed by atoms with Crippen molar-refractivity contribution in [3.8, 4) is 0 Å². The summed E-state index contributed by atoms with van der Waals surface area (Å²) in [6.07, 6.45) is 0. The summed E-state index contributed by atoms with van der Waals surface area (Å²) in [5, 5.41) is 6.83. The van der Waals surface area contributed by atoms with E-state index >= 15 is 0 Å². The molecule has 1 aromatic heterocycles. The van der Waals surface area contributed by atoms with E-state index in [-0.39, 0.29) is 39.6 Å². The number of fused-ring (bicyclic) bond motifs is 1. The third-order valence-electron chi connectivity index (χ3n) is 4.98. The predicted molar refractivity (Wildman–Crippen MR) is 117 cm³/mol. The minimum Gasteiger partial charge on any atom is -0.316 e. The van der Waals surface area contributed by atoms with Gasteiger partial charge in [-0.05, 0) is 43.2 Å². The summed E-state index contributed by atoms with van der Waals surface area (Å²) in [7, 11) is 1.40. The minimum absolute atomic E-state index is 0.0431. The molecule has 2 amide bonds. The summed E-state index contributed by atoms with van der Waals surface area (Å²) in [4.78, 5) is 27.0. The number of benzene rings is 2. The lowest BCUT2D eigenvalue weighted by Crippen LogP contribution is -2.40. The molecule has 0 aliphatic heterocycles. The van der Waals surface area contributed by atoms with E-state index in [9.17, 15) is 22.8 Å². The van der Waals surface area contributed by atoms with Gasteiger partial charge in [-0.1, -0.05) is 25.4 Å². The van der Waals surface area contributed by atoms with Crippen LogP contribution in [0, 0.1) is 23.4 Å². The van der Waals surface area contributed by atoms with Gasteiger partial charge in [0.25, 0.3) is 5.56 Å². The van der Waals surface area contributed by atoms with E-state index in [0.717, 1.165) is 22.9 Å². The molecule has 0 radical (unpaired) electrons. The van der Waals surface area contributed by atoms with Crippen LogP contribution >= 0.6 is 11.6 Å². The molecule has 0 unspecified atom stereocenters. The first-order chi connectivity index (χ1) is 15.0. The molecule has 10 heteroatoms. The number of urea groups is 1. The van der Waals surface area contributed by atoms with Gasteiger partial charge in [0.15, 0.2) is 11.6 Å². The van der Waals surface area contributed by atoms with Crippen LogP contribution in [0.5, 0.6) is 0 Å². The van der Waals surface area contributed by atoms with Crippen LogP contribution in [0.3, 0.4) is 0 Å². The van der Waals surface area contributed by atoms with Crippen LogP contribution in [0.15, 0.2) is 35.1 Å².